The Morgan fingerprint density at radius 2 is 1.00 bits per heavy atom. The lowest BCUT2D eigenvalue weighted by molar-refractivity contribution is 1.18. The molecular formula is C44H34N2. The van der Waals surface area contributed by atoms with Crippen LogP contribution in [-0.2, 0) is 0 Å². The summed E-state index contributed by atoms with van der Waals surface area (Å²) in [5.41, 5.74) is 14.6. The molecule has 0 saturated carbocycles. The third-order valence-electron chi connectivity index (χ3n) is 9.05. The summed E-state index contributed by atoms with van der Waals surface area (Å²) in [5, 5.41) is 2.52. The standard InChI is InChI=1S/C44H34N2/c1-31-14-12-13-21-39(31)43-32(2)22-28-40-41-30-34(25-29-42(41)46(44(40)43)37-19-10-5-11-20-37)33-23-26-38(27-24-33)45(35-15-6-3-7-16-35)36-17-8-4-9-18-36/h3-30H,1-2H3. The maximum absolute atomic E-state index is 2.45. The number of aromatic nitrogens is 1. The number of para-hydroxylation sites is 3. The predicted molar refractivity (Wildman–Crippen MR) is 196 cm³/mol. The average molecular weight is 591 g/mol. The summed E-state index contributed by atoms with van der Waals surface area (Å²) in [7, 11) is 0. The van der Waals surface area contributed by atoms with Crippen molar-refractivity contribution in [1.82, 2.24) is 4.57 Å². The van der Waals surface area contributed by atoms with Crippen LogP contribution in [0.25, 0.3) is 49.7 Å². The van der Waals surface area contributed by atoms with Crippen molar-refractivity contribution < 1.29 is 0 Å². The van der Waals surface area contributed by atoms with Gasteiger partial charge < -0.3 is 9.47 Å². The first kappa shape index (κ1) is 27.7. The second-order valence-electron chi connectivity index (χ2n) is 11.9. The maximum atomic E-state index is 2.45. The van der Waals surface area contributed by atoms with E-state index in [2.05, 4.69) is 193 Å². The molecule has 0 spiro atoms. The van der Waals surface area contributed by atoms with Gasteiger partial charge in [0.05, 0.1) is 11.0 Å². The Kier molecular flexibility index (Phi) is 6.96. The van der Waals surface area contributed by atoms with Crippen molar-refractivity contribution in [3.05, 3.63) is 181 Å². The molecule has 0 fully saturated rings. The number of hydrogen-bond acceptors (Lipinski definition) is 1. The number of aryl methyl sites for hydroxylation is 2. The van der Waals surface area contributed by atoms with Crippen LogP contribution in [0.4, 0.5) is 17.1 Å². The molecule has 0 amide bonds. The van der Waals surface area contributed by atoms with Gasteiger partial charge in [0.25, 0.3) is 0 Å². The lowest BCUT2D eigenvalue weighted by Gasteiger charge is -2.25. The van der Waals surface area contributed by atoms with Gasteiger partial charge in [-0.25, -0.2) is 0 Å². The van der Waals surface area contributed by atoms with Gasteiger partial charge in [-0.2, -0.15) is 0 Å². The van der Waals surface area contributed by atoms with Crippen LogP contribution in [0.15, 0.2) is 170 Å². The lowest BCUT2D eigenvalue weighted by atomic mass is 9.94. The number of benzene rings is 7. The van der Waals surface area contributed by atoms with E-state index in [0.717, 1.165) is 17.1 Å². The number of nitrogens with zero attached hydrogens (tertiary/aromatic N) is 2. The van der Waals surface area contributed by atoms with Gasteiger partial charge in [0.15, 0.2) is 0 Å². The van der Waals surface area contributed by atoms with Gasteiger partial charge in [-0.1, -0.05) is 109 Å². The molecule has 8 aromatic rings. The Hall–Kier alpha value is -5.86. The maximum Gasteiger partial charge on any atom is 0.0622 e. The third kappa shape index (κ3) is 4.76. The molecule has 0 aliphatic rings. The zero-order valence-corrected chi connectivity index (χ0v) is 26.1. The zero-order valence-electron chi connectivity index (χ0n) is 26.1. The van der Waals surface area contributed by atoms with Crippen LogP contribution in [0.1, 0.15) is 11.1 Å². The molecule has 0 atom stereocenters. The smallest absolute Gasteiger partial charge is 0.0622 e. The Labute approximate surface area is 270 Å². The van der Waals surface area contributed by atoms with Crippen LogP contribution in [0.3, 0.4) is 0 Å². The highest BCUT2D eigenvalue weighted by molar-refractivity contribution is 6.15. The summed E-state index contributed by atoms with van der Waals surface area (Å²) in [6, 6.07) is 61.1. The monoisotopic (exact) mass is 590 g/mol. The van der Waals surface area contributed by atoms with Gasteiger partial charge in [0.2, 0.25) is 0 Å². The van der Waals surface area contributed by atoms with Gasteiger partial charge in [-0.15, -0.1) is 0 Å². The van der Waals surface area contributed by atoms with Crippen molar-refractivity contribution in [3.63, 3.8) is 0 Å². The molecule has 1 aromatic heterocycles. The van der Waals surface area contributed by atoms with Crippen molar-refractivity contribution in [2.45, 2.75) is 13.8 Å². The molecule has 2 heteroatoms. The minimum Gasteiger partial charge on any atom is -0.311 e. The molecule has 1 heterocycles. The number of fused-ring (bicyclic) bond motifs is 3. The molecule has 7 aromatic carbocycles. The average Bonchev–Trinajstić information content (AvgIpc) is 3.44. The minimum atomic E-state index is 1.13. The van der Waals surface area contributed by atoms with E-state index in [9.17, 15) is 0 Å². The van der Waals surface area contributed by atoms with Crippen LogP contribution < -0.4 is 4.90 Å². The summed E-state index contributed by atoms with van der Waals surface area (Å²) < 4.78 is 2.45. The topological polar surface area (TPSA) is 8.17 Å². The van der Waals surface area contributed by atoms with E-state index in [1.807, 2.05) is 0 Å². The second kappa shape index (κ2) is 11.6. The van der Waals surface area contributed by atoms with Crippen molar-refractivity contribution in [2.24, 2.45) is 0 Å². The molecule has 2 nitrogen and oxygen atoms in total. The summed E-state index contributed by atoms with van der Waals surface area (Å²) in [6.45, 7) is 4.44. The molecular weight excluding hydrogens is 556 g/mol. The fraction of sp³-hybridized carbons (Fsp3) is 0.0455. The largest absolute Gasteiger partial charge is 0.311 e. The Morgan fingerprint density at radius 3 is 1.65 bits per heavy atom. The van der Waals surface area contributed by atoms with E-state index in [1.54, 1.807) is 0 Å². The molecule has 220 valence electrons. The fourth-order valence-corrected chi connectivity index (χ4v) is 6.83. The molecule has 0 N–H and O–H groups in total. The highest BCUT2D eigenvalue weighted by atomic mass is 15.1. The zero-order chi connectivity index (χ0) is 31.0. The molecule has 0 aliphatic carbocycles. The Balaban J connectivity index is 1.30. The first-order valence-corrected chi connectivity index (χ1v) is 15.9. The van der Waals surface area contributed by atoms with Crippen LogP contribution in [0.2, 0.25) is 0 Å². The molecule has 0 saturated heterocycles. The first-order valence-electron chi connectivity index (χ1n) is 15.9. The van der Waals surface area contributed by atoms with E-state index in [-0.39, 0.29) is 0 Å². The van der Waals surface area contributed by atoms with Gasteiger partial charge in [-0.05, 0) is 102 Å². The second-order valence-corrected chi connectivity index (χ2v) is 11.9. The van der Waals surface area contributed by atoms with E-state index < -0.39 is 0 Å². The Bertz CT molecular complexity index is 2260. The minimum absolute atomic E-state index is 1.13. The van der Waals surface area contributed by atoms with Gasteiger partial charge in [-0.3, -0.25) is 0 Å². The predicted octanol–water partition coefficient (Wildman–Crippen LogP) is 12.2. The normalized spacial score (nSPS) is 11.3. The Morgan fingerprint density at radius 1 is 0.435 bits per heavy atom. The molecule has 46 heavy (non-hydrogen) atoms. The van der Waals surface area contributed by atoms with Gasteiger partial charge in [0, 0.05) is 39.1 Å². The summed E-state index contributed by atoms with van der Waals surface area (Å²) in [4.78, 5) is 2.30. The highest BCUT2D eigenvalue weighted by Crippen LogP contribution is 2.42. The SMILES string of the molecule is Cc1ccccc1-c1c(C)ccc2c3cc(-c4ccc(N(c5ccccc5)c5ccccc5)cc4)ccc3n(-c3ccccc3)c12. The fourth-order valence-electron chi connectivity index (χ4n) is 6.83. The lowest BCUT2D eigenvalue weighted by Crippen LogP contribution is -2.09. The molecule has 0 bridgehead atoms. The van der Waals surface area contributed by atoms with E-state index in [0.29, 0.717) is 0 Å². The molecule has 8 rings (SSSR count). The van der Waals surface area contributed by atoms with Crippen molar-refractivity contribution >= 4 is 38.9 Å². The quantitative estimate of drug-likeness (QED) is 0.187. The first-order chi connectivity index (χ1) is 22.7. The van der Waals surface area contributed by atoms with Crippen LogP contribution in [-0.4, -0.2) is 4.57 Å². The van der Waals surface area contributed by atoms with Gasteiger partial charge >= 0.3 is 0 Å². The third-order valence-corrected chi connectivity index (χ3v) is 9.05. The van der Waals surface area contributed by atoms with Crippen molar-refractivity contribution in [2.75, 3.05) is 4.90 Å². The number of anilines is 3. The summed E-state index contributed by atoms with van der Waals surface area (Å²) >= 11 is 0. The summed E-state index contributed by atoms with van der Waals surface area (Å²) in [5.74, 6) is 0. The molecule has 0 unspecified atom stereocenters. The molecule has 0 radical (unpaired) electrons. The van der Waals surface area contributed by atoms with Crippen molar-refractivity contribution in [1.29, 1.82) is 0 Å². The van der Waals surface area contributed by atoms with E-state index in [4.69, 9.17) is 0 Å². The van der Waals surface area contributed by atoms with E-state index in [1.165, 1.54) is 60.9 Å². The van der Waals surface area contributed by atoms with Crippen LogP contribution in [0.5, 0.6) is 0 Å². The number of hydrogen-bond donors (Lipinski definition) is 0. The van der Waals surface area contributed by atoms with Crippen LogP contribution in [0, 0.1) is 13.8 Å². The molecule has 0 aliphatic heterocycles. The highest BCUT2D eigenvalue weighted by Gasteiger charge is 2.20. The van der Waals surface area contributed by atoms with Crippen LogP contribution >= 0.6 is 0 Å². The summed E-state index contributed by atoms with van der Waals surface area (Å²) in [6.07, 6.45) is 0. The van der Waals surface area contributed by atoms with Crippen molar-refractivity contribution in [3.8, 4) is 27.9 Å². The van der Waals surface area contributed by atoms with E-state index >= 15 is 0 Å². The van der Waals surface area contributed by atoms with Gasteiger partial charge in [0.1, 0.15) is 0 Å². The number of rotatable bonds is 6.